The number of likely N-dealkylation sites (tertiary alicyclic amines) is 1. The van der Waals surface area contributed by atoms with Crippen LogP contribution in [0.2, 0.25) is 0 Å². The van der Waals surface area contributed by atoms with Crippen molar-refractivity contribution in [2.24, 2.45) is 0 Å². The number of hydrogen-bond acceptors (Lipinski definition) is 4. The van der Waals surface area contributed by atoms with Crippen molar-refractivity contribution in [1.82, 2.24) is 4.90 Å². The minimum atomic E-state index is -0.418. The number of rotatable bonds is 5. The van der Waals surface area contributed by atoms with E-state index < -0.39 is 5.60 Å². The molecule has 0 aromatic heterocycles. The first-order valence-corrected chi connectivity index (χ1v) is 6.14. The Hall–Kier alpha value is -0.870. The minimum absolute atomic E-state index is 0.278. The predicted octanol–water partition coefficient (Wildman–Crippen LogP) is 1.60. The van der Waals surface area contributed by atoms with E-state index in [1.165, 1.54) is 6.08 Å². The van der Waals surface area contributed by atoms with Crippen LogP contribution >= 0.6 is 0 Å². The Morgan fingerprint density at radius 3 is 2.59 bits per heavy atom. The van der Waals surface area contributed by atoms with Gasteiger partial charge in [-0.25, -0.2) is 4.79 Å². The highest BCUT2D eigenvalue weighted by Crippen LogP contribution is 2.11. The molecule has 98 valence electrons. The molecule has 0 saturated carbocycles. The molecule has 0 bridgehead atoms. The maximum Gasteiger partial charge on any atom is 0.330 e. The van der Waals surface area contributed by atoms with Crippen molar-refractivity contribution < 1.29 is 14.3 Å². The highest BCUT2D eigenvalue weighted by molar-refractivity contribution is 5.82. The van der Waals surface area contributed by atoms with E-state index in [-0.39, 0.29) is 5.97 Å². The zero-order chi connectivity index (χ0) is 12.9. The summed E-state index contributed by atoms with van der Waals surface area (Å²) in [5.41, 5.74) is -0.418. The summed E-state index contributed by atoms with van der Waals surface area (Å²) in [4.78, 5) is 13.6. The predicted molar refractivity (Wildman–Crippen MR) is 66.8 cm³/mol. The molecule has 0 radical (unpaired) electrons. The van der Waals surface area contributed by atoms with Crippen LogP contribution in [0, 0.1) is 0 Å². The SMILES string of the molecule is CCOC1CN(C/C=C/C(=O)OC(C)(C)C)C1. The van der Waals surface area contributed by atoms with Crippen molar-refractivity contribution in [2.45, 2.75) is 39.4 Å². The van der Waals surface area contributed by atoms with Gasteiger partial charge in [0.2, 0.25) is 0 Å². The molecule has 0 unspecified atom stereocenters. The maximum absolute atomic E-state index is 11.4. The van der Waals surface area contributed by atoms with Gasteiger partial charge in [-0.15, -0.1) is 0 Å². The quantitative estimate of drug-likeness (QED) is 0.541. The summed E-state index contributed by atoms with van der Waals surface area (Å²) in [5.74, 6) is -0.278. The Morgan fingerprint density at radius 2 is 2.06 bits per heavy atom. The Balaban J connectivity index is 2.13. The van der Waals surface area contributed by atoms with E-state index in [0.29, 0.717) is 6.10 Å². The highest BCUT2D eigenvalue weighted by Gasteiger charge is 2.25. The van der Waals surface area contributed by atoms with Crippen molar-refractivity contribution in [2.75, 3.05) is 26.2 Å². The summed E-state index contributed by atoms with van der Waals surface area (Å²) in [5, 5.41) is 0. The van der Waals surface area contributed by atoms with Crippen LogP contribution in [-0.2, 0) is 14.3 Å². The van der Waals surface area contributed by atoms with Gasteiger partial charge in [0.05, 0.1) is 6.10 Å². The molecule has 4 heteroatoms. The van der Waals surface area contributed by atoms with Gasteiger partial charge < -0.3 is 9.47 Å². The molecule has 4 nitrogen and oxygen atoms in total. The van der Waals surface area contributed by atoms with Gasteiger partial charge >= 0.3 is 5.97 Å². The summed E-state index contributed by atoms with van der Waals surface area (Å²) >= 11 is 0. The van der Waals surface area contributed by atoms with E-state index in [4.69, 9.17) is 9.47 Å². The molecule has 0 amide bonds. The zero-order valence-corrected chi connectivity index (χ0v) is 11.2. The Bertz CT molecular complexity index is 275. The lowest BCUT2D eigenvalue weighted by Crippen LogP contribution is -2.51. The molecule has 1 saturated heterocycles. The Labute approximate surface area is 104 Å². The summed E-state index contributed by atoms with van der Waals surface area (Å²) in [6, 6.07) is 0. The average molecular weight is 241 g/mol. The summed E-state index contributed by atoms with van der Waals surface area (Å²) < 4.78 is 10.6. The van der Waals surface area contributed by atoms with Crippen LogP contribution in [0.3, 0.4) is 0 Å². The molecule has 1 fully saturated rings. The topological polar surface area (TPSA) is 38.8 Å². The Kier molecular flexibility index (Phi) is 5.15. The molecule has 1 rings (SSSR count). The molecule has 0 aromatic carbocycles. The number of carbonyl (C=O) groups excluding carboxylic acids is 1. The molecule has 0 aliphatic carbocycles. The molecule has 17 heavy (non-hydrogen) atoms. The van der Waals surface area contributed by atoms with Crippen LogP contribution in [0.5, 0.6) is 0 Å². The lowest BCUT2D eigenvalue weighted by molar-refractivity contribution is -0.148. The fourth-order valence-corrected chi connectivity index (χ4v) is 1.65. The fourth-order valence-electron chi connectivity index (χ4n) is 1.65. The van der Waals surface area contributed by atoms with Crippen LogP contribution in [0.4, 0.5) is 0 Å². The summed E-state index contributed by atoms with van der Waals surface area (Å²) in [7, 11) is 0. The number of nitrogens with zero attached hydrogens (tertiary/aromatic N) is 1. The first kappa shape index (κ1) is 14.2. The summed E-state index contributed by atoms with van der Waals surface area (Å²) in [6.07, 6.45) is 3.71. The third kappa shape index (κ3) is 5.84. The lowest BCUT2D eigenvalue weighted by atomic mass is 10.1. The second-order valence-electron chi connectivity index (χ2n) is 5.23. The van der Waals surface area contributed by atoms with Gasteiger partial charge in [-0.05, 0) is 27.7 Å². The van der Waals surface area contributed by atoms with Gasteiger partial charge in [0.1, 0.15) is 5.60 Å². The van der Waals surface area contributed by atoms with Gasteiger partial charge in [0.25, 0.3) is 0 Å². The molecule has 1 aliphatic heterocycles. The molecule has 0 aromatic rings. The standard InChI is InChI=1S/C13H23NO3/c1-5-16-11-9-14(10-11)8-6-7-12(15)17-13(2,3)4/h6-7,11H,5,8-10H2,1-4H3/b7-6+. The largest absolute Gasteiger partial charge is 0.457 e. The van der Waals surface area contributed by atoms with Gasteiger partial charge in [0.15, 0.2) is 0 Å². The van der Waals surface area contributed by atoms with Crippen LogP contribution in [0.25, 0.3) is 0 Å². The first-order valence-electron chi connectivity index (χ1n) is 6.14. The zero-order valence-electron chi connectivity index (χ0n) is 11.2. The molecule has 0 atom stereocenters. The van der Waals surface area contributed by atoms with Crippen LogP contribution in [0.1, 0.15) is 27.7 Å². The average Bonchev–Trinajstić information content (AvgIpc) is 2.10. The molecule has 0 N–H and O–H groups in total. The number of carbonyl (C=O) groups is 1. The third-order valence-corrected chi connectivity index (χ3v) is 2.35. The molecule has 1 aliphatic rings. The normalized spacial score (nSPS) is 18.4. The van der Waals surface area contributed by atoms with E-state index in [1.807, 2.05) is 33.8 Å². The van der Waals surface area contributed by atoms with Gasteiger partial charge in [-0.1, -0.05) is 6.08 Å². The van der Waals surface area contributed by atoms with E-state index in [9.17, 15) is 4.79 Å². The Morgan fingerprint density at radius 1 is 1.41 bits per heavy atom. The maximum atomic E-state index is 11.4. The second kappa shape index (κ2) is 6.17. The smallest absolute Gasteiger partial charge is 0.330 e. The molecular weight excluding hydrogens is 218 g/mol. The van der Waals surface area contributed by atoms with Crippen molar-refractivity contribution in [3.63, 3.8) is 0 Å². The highest BCUT2D eigenvalue weighted by atomic mass is 16.6. The van der Waals surface area contributed by atoms with E-state index in [0.717, 1.165) is 26.2 Å². The van der Waals surface area contributed by atoms with E-state index in [2.05, 4.69) is 4.90 Å². The van der Waals surface area contributed by atoms with Gasteiger partial charge in [0, 0.05) is 32.3 Å². The van der Waals surface area contributed by atoms with Crippen LogP contribution < -0.4 is 0 Å². The van der Waals surface area contributed by atoms with E-state index >= 15 is 0 Å². The summed E-state index contributed by atoms with van der Waals surface area (Å²) in [6.45, 7) is 11.0. The van der Waals surface area contributed by atoms with Crippen LogP contribution in [-0.4, -0.2) is 48.8 Å². The van der Waals surface area contributed by atoms with Gasteiger partial charge in [-0.3, -0.25) is 4.90 Å². The van der Waals surface area contributed by atoms with E-state index in [1.54, 1.807) is 0 Å². The second-order valence-corrected chi connectivity index (χ2v) is 5.23. The van der Waals surface area contributed by atoms with Crippen LogP contribution in [0.15, 0.2) is 12.2 Å². The van der Waals surface area contributed by atoms with Crippen molar-refractivity contribution in [3.8, 4) is 0 Å². The number of esters is 1. The lowest BCUT2D eigenvalue weighted by Gasteiger charge is -2.37. The third-order valence-electron chi connectivity index (χ3n) is 2.35. The fraction of sp³-hybridized carbons (Fsp3) is 0.769. The molecular formula is C13H23NO3. The number of ether oxygens (including phenoxy) is 2. The first-order chi connectivity index (χ1) is 7.90. The van der Waals surface area contributed by atoms with Crippen molar-refractivity contribution in [3.05, 3.63) is 12.2 Å². The minimum Gasteiger partial charge on any atom is -0.457 e. The monoisotopic (exact) mass is 241 g/mol. The van der Waals surface area contributed by atoms with Gasteiger partial charge in [-0.2, -0.15) is 0 Å². The molecule has 0 spiro atoms. The number of hydrogen-bond donors (Lipinski definition) is 0. The molecule has 1 heterocycles. The van der Waals surface area contributed by atoms with Crippen molar-refractivity contribution in [1.29, 1.82) is 0 Å². The van der Waals surface area contributed by atoms with Crippen molar-refractivity contribution >= 4 is 5.97 Å².